The second-order valence-corrected chi connectivity index (χ2v) is 19.4. The Morgan fingerprint density at radius 2 is 1.15 bits per heavy atom. The van der Waals surface area contributed by atoms with E-state index in [1.165, 1.54) is 6.08 Å². The first-order valence-corrected chi connectivity index (χ1v) is 27.0. The molecule has 6 N–H and O–H groups in total. The molecule has 1 atom stereocenters. The van der Waals surface area contributed by atoms with Crippen LogP contribution in [0, 0.1) is 23.7 Å². The van der Waals surface area contributed by atoms with Gasteiger partial charge in [-0.15, -0.1) is 10.2 Å². The van der Waals surface area contributed by atoms with Gasteiger partial charge in [0.2, 0.25) is 0 Å². The second-order valence-electron chi connectivity index (χ2n) is 19.4. The number of carbonyl (C=O) groups excluding carboxylic acids is 4. The number of aromatic nitrogens is 6. The maximum absolute atomic E-state index is 13.2. The SMILES string of the molecule is C.CCOC(=O)/C=C/c1cc2c(c([NH+]=O)c1)CCN(C(=O)c1ccccc1)C2.CCOC(=O)CC(c1cc2c(c([NH+]=O)c1)CCN(C(=O)c1ccccc1)C2)c1ccc2c(nnn2CC)c1C.CCn1nnc2c(C)c(B(O)O)ccc21.[OH-].[OH-]. The van der Waals surface area contributed by atoms with Crippen LogP contribution in [-0.2, 0) is 58.1 Å². The van der Waals surface area contributed by atoms with Crippen LogP contribution in [0.15, 0.2) is 115 Å². The Morgan fingerprint density at radius 1 is 0.655 bits per heavy atom. The van der Waals surface area contributed by atoms with E-state index in [1.807, 2.05) is 116 Å². The third kappa shape index (κ3) is 14.7. The lowest BCUT2D eigenvalue weighted by atomic mass is 9.77. The first-order valence-electron chi connectivity index (χ1n) is 27.0. The molecule has 2 aliphatic rings. The number of nitrogens with zero attached hydrogens (tertiary/aromatic N) is 8. The Balaban J connectivity index is 0.000000249. The lowest BCUT2D eigenvalue weighted by Gasteiger charge is -2.30. The molecule has 0 saturated heterocycles. The van der Waals surface area contributed by atoms with E-state index in [0.29, 0.717) is 85.7 Å². The molecule has 440 valence electrons. The third-order valence-electron chi connectivity index (χ3n) is 14.5. The van der Waals surface area contributed by atoms with Gasteiger partial charge in [-0.05, 0) is 147 Å². The third-order valence-corrected chi connectivity index (χ3v) is 14.5. The normalized spacial score (nSPS) is 12.6. The van der Waals surface area contributed by atoms with Crippen molar-refractivity contribution >= 4 is 75.9 Å². The van der Waals surface area contributed by atoms with Crippen molar-refractivity contribution in [2.45, 2.75) is 100 Å². The summed E-state index contributed by atoms with van der Waals surface area (Å²) in [6.07, 6.45) is 4.20. The minimum Gasteiger partial charge on any atom is -0.870 e. The van der Waals surface area contributed by atoms with Gasteiger partial charge in [-0.1, -0.05) is 72.5 Å². The van der Waals surface area contributed by atoms with E-state index < -0.39 is 13.1 Å². The number of amides is 2. The van der Waals surface area contributed by atoms with E-state index in [0.717, 1.165) is 73.1 Å². The minimum absolute atomic E-state index is 0. The maximum atomic E-state index is 13.2. The molecule has 0 bridgehead atoms. The van der Waals surface area contributed by atoms with Gasteiger partial charge in [-0.25, -0.2) is 14.2 Å². The topological polar surface area (TPSA) is 317 Å². The molecular weight excluding hydrogens is 1080 g/mol. The Labute approximate surface area is 486 Å². The average molecular weight is 1150 g/mol. The van der Waals surface area contributed by atoms with Gasteiger partial charge >= 0.3 is 19.1 Å². The summed E-state index contributed by atoms with van der Waals surface area (Å²) in [6.45, 7) is 15.2. The fourth-order valence-corrected chi connectivity index (χ4v) is 10.4. The van der Waals surface area contributed by atoms with Crippen LogP contribution in [0.2, 0.25) is 0 Å². The Hall–Kier alpha value is -9.16. The molecule has 4 heterocycles. The van der Waals surface area contributed by atoms with Crippen LogP contribution >= 0.6 is 0 Å². The van der Waals surface area contributed by atoms with Crippen molar-refractivity contribution in [1.29, 1.82) is 0 Å². The van der Waals surface area contributed by atoms with E-state index in [1.54, 1.807) is 64.7 Å². The van der Waals surface area contributed by atoms with Gasteiger partial charge in [0, 0.05) is 106 Å². The zero-order valence-corrected chi connectivity index (χ0v) is 47.1. The monoisotopic (exact) mass is 1150 g/mol. The number of aryl methyl sites for hydroxylation is 4. The maximum Gasteiger partial charge on any atom is 0.488 e. The molecule has 2 aliphatic heterocycles. The predicted octanol–water partition coefficient (Wildman–Crippen LogP) is 5.18. The van der Waals surface area contributed by atoms with Crippen molar-refractivity contribution in [1.82, 2.24) is 39.8 Å². The van der Waals surface area contributed by atoms with Crippen LogP contribution in [0.3, 0.4) is 0 Å². The van der Waals surface area contributed by atoms with Gasteiger partial charge in [0.1, 0.15) is 11.0 Å². The summed E-state index contributed by atoms with van der Waals surface area (Å²) >= 11 is 0. The van der Waals surface area contributed by atoms with E-state index >= 15 is 0 Å². The minimum atomic E-state index is -1.46. The summed E-state index contributed by atoms with van der Waals surface area (Å²) in [4.78, 5) is 77.3. The van der Waals surface area contributed by atoms with Gasteiger partial charge in [0.15, 0.2) is 0 Å². The molecule has 22 nitrogen and oxygen atoms in total. The van der Waals surface area contributed by atoms with Crippen LogP contribution in [0.5, 0.6) is 0 Å². The number of hydrogen-bond acceptors (Lipinski definition) is 16. The average Bonchev–Trinajstić information content (AvgIpc) is 4.30. The summed E-state index contributed by atoms with van der Waals surface area (Å²) in [5.41, 5.74) is 13.8. The number of nitroso groups, excluding NO2 is 2. The number of hydrogen-bond donors (Lipinski definition) is 4. The summed E-state index contributed by atoms with van der Waals surface area (Å²) in [7, 11) is -1.46. The van der Waals surface area contributed by atoms with Crippen molar-refractivity contribution in [2.24, 2.45) is 0 Å². The van der Waals surface area contributed by atoms with Crippen molar-refractivity contribution < 1.29 is 60.0 Å². The number of nitrogens with one attached hydrogen (secondary N) is 2. The Kier molecular flexibility index (Phi) is 23.6. The number of fused-ring (bicyclic) bond motifs is 4. The van der Waals surface area contributed by atoms with Crippen molar-refractivity contribution in [2.75, 3.05) is 26.3 Å². The molecule has 1 unspecified atom stereocenters. The first-order chi connectivity index (χ1) is 39.2. The Morgan fingerprint density at radius 3 is 1.65 bits per heavy atom. The Bertz CT molecular complexity index is 3650. The lowest BCUT2D eigenvalue weighted by Crippen LogP contribution is -2.57. The summed E-state index contributed by atoms with van der Waals surface area (Å²) < 4.78 is 13.8. The van der Waals surface area contributed by atoms with E-state index in [4.69, 9.17) is 19.5 Å². The van der Waals surface area contributed by atoms with Gasteiger partial charge < -0.3 is 40.3 Å². The molecule has 10 rings (SSSR count). The quantitative estimate of drug-likeness (QED) is 0.0583. The number of benzene rings is 6. The highest BCUT2D eigenvalue weighted by atomic mass is 16.5. The summed E-state index contributed by atoms with van der Waals surface area (Å²) in [5.74, 6) is -1.22. The molecule has 0 spiro atoms. The van der Waals surface area contributed by atoms with Crippen molar-refractivity contribution in [3.63, 3.8) is 0 Å². The van der Waals surface area contributed by atoms with E-state index in [9.17, 15) is 29.0 Å². The van der Waals surface area contributed by atoms with Crippen LogP contribution in [0.4, 0.5) is 11.4 Å². The van der Waals surface area contributed by atoms with Crippen LogP contribution < -0.4 is 15.8 Å². The van der Waals surface area contributed by atoms with Gasteiger partial charge in [0.25, 0.3) is 23.2 Å². The second kappa shape index (κ2) is 30.2. The standard InChI is InChI=1S/C30H31N5O4.C21H20N2O4.C9H12BN3O2.CH4.2H2O/c1-4-35-27-12-11-23(19(3)29(27)31-33-35)25(17-28(36)39-5-2)21-15-22-18-34(14-13-24(22)26(16-21)32-38)30(37)20-9-7-6-8-10-20;1-2-27-20(24)9-8-15-12-17-14-23(11-10-18(17)19(13-15)22-26)21(25)16-6-4-3-5-7-16;1-3-13-8-5-4-7(10(14)15)6(2)9(8)11-12-13;;;/h6-12,15-16,25H,4-5,13-14,17-18H2,1-3H3;3-9,12-13H,2,10-11,14H2,1H3;4-5,14-15H,3H2,1-2H3;1H4;2*1H2/b;9-8+;;;;. The molecule has 84 heavy (non-hydrogen) atoms. The molecule has 0 aliphatic carbocycles. The highest BCUT2D eigenvalue weighted by molar-refractivity contribution is 6.59. The number of rotatable bonds is 15. The number of ether oxygens (including phenoxy) is 2. The fourth-order valence-electron chi connectivity index (χ4n) is 10.4. The van der Waals surface area contributed by atoms with Crippen LogP contribution in [-0.4, -0.2) is 118 Å². The van der Waals surface area contributed by atoms with Gasteiger partial charge in [0.05, 0.1) is 30.7 Å². The fraction of sp³-hybridized carbons (Fsp3) is 0.311. The highest BCUT2D eigenvalue weighted by Crippen LogP contribution is 2.37. The zero-order valence-electron chi connectivity index (χ0n) is 47.1. The number of carbonyl (C=O) groups is 4. The van der Waals surface area contributed by atoms with E-state index in [2.05, 4.69) is 25.8 Å². The molecule has 6 aromatic carbocycles. The molecule has 2 aromatic heterocycles. The summed E-state index contributed by atoms with van der Waals surface area (Å²) in [6, 6.07) is 33.3. The number of esters is 2. The molecule has 23 heteroatoms. The molecular formula is C61H71BN10O12. The van der Waals surface area contributed by atoms with Crippen molar-refractivity contribution in [3.05, 3.63) is 186 Å². The molecule has 2 amide bonds. The highest BCUT2D eigenvalue weighted by Gasteiger charge is 2.31. The zero-order chi connectivity index (χ0) is 57.7. The molecule has 8 aromatic rings. The van der Waals surface area contributed by atoms with Crippen LogP contribution in [0.25, 0.3) is 28.1 Å². The lowest BCUT2D eigenvalue weighted by molar-refractivity contribution is -0.380. The predicted molar refractivity (Wildman–Crippen MR) is 316 cm³/mol. The molecule has 0 radical (unpaired) electrons. The molecule has 0 fully saturated rings. The summed E-state index contributed by atoms with van der Waals surface area (Å²) in [5, 5.41) is 39.0. The van der Waals surface area contributed by atoms with E-state index in [-0.39, 0.29) is 55.1 Å². The van der Waals surface area contributed by atoms with Crippen LogP contribution in [0.1, 0.15) is 118 Å². The van der Waals surface area contributed by atoms with Crippen molar-refractivity contribution in [3.8, 4) is 0 Å². The smallest absolute Gasteiger partial charge is 0.488 e. The van der Waals surface area contributed by atoms with Gasteiger partial charge in [-0.3, -0.25) is 14.4 Å². The molecule has 0 saturated carbocycles. The van der Waals surface area contributed by atoms with Gasteiger partial charge in [-0.2, -0.15) is 0 Å². The first kappa shape index (κ1) is 65.7. The largest absolute Gasteiger partial charge is 0.870 e.